The molecular formula is C14H19FN4O. The molecule has 20 heavy (non-hydrogen) atoms. The van der Waals surface area contributed by atoms with Crippen molar-refractivity contribution >= 4 is 11.7 Å². The summed E-state index contributed by atoms with van der Waals surface area (Å²) >= 11 is 0. The van der Waals surface area contributed by atoms with Crippen molar-refractivity contribution in [3.05, 3.63) is 23.6 Å². The number of carbonyl (C=O) groups excluding carboxylic acids is 1. The summed E-state index contributed by atoms with van der Waals surface area (Å²) in [6.07, 6.45) is 4.81. The smallest absolute Gasteiger partial charge is 0.257 e. The second-order valence-corrected chi connectivity index (χ2v) is 5.49. The molecule has 2 aliphatic rings. The Hall–Kier alpha value is -1.69. The number of aromatic nitrogens is 1. The zero-order valence-corrected chi connectivity index (χ0v) is 11.4. The predicted octanol–water partition coefficient (Wildman–Crippen LogP) is 1.11. The van der Waals surface area contributed by atoms with Gasteiger partial charge in [0.25, 0.3) is 5.91 Å². The van der Waals surface area contributed by atoms with Gasteiger partial charge in [0.15, 0.2) is 11.6 Å². The summed E-state index contributed by atoms with van der Waals surface area (Å²) in [4.78, 5) is 20.2. The second kappa shape index (κ2) is 5.36. The summed E-state index contributed by atoms with van der Waals surface area (Å²) in [5, 5.41) is 0. The molecule has 108 valence electrons. The molecule has 2 N–H and O–H groups in total. The van der Waals surface area contributed by atoms with Crippen LogP contribution in [0.1, 0.15) is 29.6 Å². The van der Waals surface area contributed by atoms with E-state index < -0.39 is 5.82 Å². The van der Waals surface area contributed by atoms with Crippen LogP contribution in [0.3, 0.4) is 0 Å². The zero-order valence-electron chi connectivity index (χ0n) is 11.4. The van der Waals surface area contributed by atoms with Gasteiger partial charge in [-0.2, -0.15) is 0 Å². The molecule has 0 radical (unpaired) electrons. The van der Waals surface area contributed by atoms with Gasteiger partial charge >= 0.3 is 0 Å². The standard InChI is InChI=1S/C14H19FN4O/c15-12-11(3-5-17-13(12)16)14(20)19-8-4-10(9-19)18-6-1-2-7-18/h3,5,10H,1-2,4,6-9H2,(H2,16,17). The minimum absolute atomic E-state index is 0.0274. The van der Waals surface area contributed by atoms with E-state index in [4.69, 9.17) is 5.73 Å². The molecule has 2 saturated heterocycles. The first-order chi connectivity index (χ1) is 9.66. The van der Waals surface area contributed by atoms with E-state index in [2.05, 4.69) is 9.88 Å². The Morgan fingerprint density at radius 2 is 2.10 bits per heavy atom. The summed E-state index contributed by atoms with van der Waals surface area (Å²) < 4.78 is 13.9. The molecule has 5 nitrogen and oxygen atoms in total. The van der Waals surface area contributed by atoms with E-state index >= 15 is 0 Å². The number of nitrogens with two attached hydrogens (primary N) is 1. The van der Waals surface area contributed by atoms with Crippen molar-refractivity contribution in [2.24, 2.45) is 0 Å². The van der Waals surface area contributed by atoms with Crippen LogP contribution in [0.15, 0.2) is 12.3 Å². The van der Waals surface area contributed by atoms with Crippen molar-refractivity contribution in [1.82, 2.24) is 14.8 Å². The van der Waals surface area contributed by atoms with Gasteiger partial charge in [-0.05, 0) is 38.4 Å². The number of pyridine rings is 1. The molecule has 1 atom stereocenters. The molecule has 0 spiro atoms. The molecule has 1 aromatic rings. The Labute approximate surface area is 117 Å². The lowest BCUT2D eigenvalue weighted by Crippen LogP contribution is -2.37. The maximum atomic E-state index is 13.9. The molecule has 2 fully saturated rings. The maximum Gasteiger partial charge on any atom is 0.257 e. The molecule has 1 aromatic heterocycles. The molecule has 6 heteroatoms. The summed E-state index contributed by atoms with van der Waals surface area (Å²) in [5.74, 6) is -1.20. The number of hydrogen-bond acceptors (Lipinski definition) is 4. The highest BCUT2D eigenvalue weighted by molar-refractivity contribution is 5.95. The highest BCUT2D eigenvalue weighted by atomic mass is 19.1. The number of nitrogen functional groups attached to an aromatic ring is 1. The fraction of sp³-hybridized carbons (Fsp3) is 0.571. The van der Waals surface area contributed by atoms with E-state index in [1.54, 1.807) is 4.90 Å². The molecule has 0 aliphatic carbocycles. The van der Waals surface area contributed by atoms with Crippen LogP contribution in [0.5, 0.6) is 0 Å². The SMILES string of the molecule is Nc1nccc(C(=O)N2CCC(N3CCCC3)C2)c1F. The van der Waals surface area contributed by atoms with Crippen LogP contribution in [0.25, 0.3) is 0 Å². The number of amides is 1. The first kappa shape index (κ1) is 13.3. The molecule has 3 rings (SSSR count). The van der Waals surface area contributed by atoms with E-state index in [0.29, 0.717) is 19.1 Å². The molecule has 0 saturated carbocycles. The highest BCUT2D eigenvalue weighted by Gasteiger charge is 2.32. The normalized spacial score (nSPS) is 23.4. The highest BCUT2D eigenvalue weighted by Crippen LogP contribution is 2.23. The van der Waals surface area contributed by atoms with Crippen LogP contribution in [-0.2, 0) is 0 Å². The van der Waals surface area contributed by atoms with Crippen molar-refractivity contribution in [2.75, 3.05) is 31.9 Å². The minimum Gasteiger partial charge on any atom is -0.381 e. The van der Waals surface area contributed by atoms with E-state index in [1.807, 2.05) is 0 Å². The number of anilines is 1. The zero-order chi connectivity index (χ0) is 14.1. The lowest BCUT2D eigenvalue weighted by molar-refractivity contribution is 0.0775. The van der Waals surface area contributed by atoms with E-state index in [9.17, 15) is 9.18 Å². The largest absolute Gasteiger partial charge is 0.381 e. The number of halogens is 1. The molecular weight excluding hydrogens is 259 g/mol. The van der Waals surface area contributed by atoms with Crippen LogP contribution >= 0.6 is 0 Å². The average molecular weight is 278 g/mol. The molecule has 1 unspecified atom stereocenters. The van der Waals surface area contributed by atoms with Gasteiger partial charge in [-0.1, -0.05) is 0 Å². The van der Waals surface area contributed by atoms with Crippen LogP contribution < -0.4 is 5.73 Å². The Morgan fingerprint density at radius 3 is 2.85 bits per heavy atom. The van der Waals surface area contributed by atoms with Crippen LogP contribution in [-0.4, -0.2) is 52.9 Å². The third-order valence-corrected chi connectivity index (χ3v) is 4.25. The van der Waals surface area contributed by atoms with Gasteiger partial charge in [0, 0.05) is 25.3 Å². The van der Waals surface area contributed by atoms with Crippen LogP contribution in [0, 0.1) is 5.82 Å². The summed E-state index contributed by atoms with van der Waals surface area (Å²) in [6.45, 7) is 3.59. The fourth-order valence-electron chi connectivity index (χ4n) is 3.13. The monoisotopic (exact) mass is 278 g/mol. The van der Waals surface area contributed by atoms with Crippen molar-refractivity contribution < 1.29 is 9.18 Å². The Bertz CT molecular complexity index is 516. The van der Waals surface area contributed by atoms with Gasteiger partial charge in [0.2, 0.25) is 0 Å². The number of nitrogens with zero attached hydrogens (tertiary/aromatic N) is 3. The third-order valence-electron chi connectivity index (χ3n) is 4.25. The summed E-state index contributed by atoms with van der Waals surface area (Å²) in [5.41, 5.74) is 5.45. The first-order valence-corrected chi connectivity index (χ1v) is 7.10. The van der Waals surface area contributed by atoms with Crippen molar-refractivity contribution in [3.63, 3.8) is 0 Å². The first-order valence-electron chi connectivity index (χ1n) is 7.10. The van der Waals surface area contributed by atoms with Crippen molar-refractivity contribution in [2.45, 2.75) is 25.3 Å². The summed E-state index contributed by atoms with van der Waals surface area (Å²) in [6, 6.07) is 1.82. The Kier molecular flexibility index (Phi) is 3.56. The molecule has 0 aromatic carbocycles. The van der Waals surface area contributed by atoms with Gasteiger partial charge in [-0.3, -0.25) is 9.69 Å². The number of rotatable bonds is 2. The van der Waals surface area contributed by atoms with Gasteiger partial charge in [0.05, 0.1) is 5.56 Å². The summed E-state index contributed by atoms with van der Waals surface area (Å²) in [7, 11) is 0. The van der Waals surface area contributed by atoms with Gasteiger partial charge in [0.1, 0.15) is 0 Å². The predicted molar refractivity (Wildman–Crippen MR) is 73.7 cm³/mol. The molecule has 1 amide bonds. The van der Waals surface area contributed by atoms with E-state index in [-0.39, 0.29) is 17.3 Å². The Balaban J connectivity index is 1.70. The number of hydrogen-bond donors (Lipinski definition) is 1. The quantitative estimate of drug-likeness (QED) is 0.880. The fourth-order valence-corrected chi connectivity index (χ4v) is 3.13. The minimum atomic E-state index is -0.706. The maximum absolute atomic E-state index is 13.9. The second-order valence-electron chi connectivity index (χ2n) is 5.49. The molecule has 0 bridgehead atoms. The third kappa shape index (κ3) is 2.35. The van der Waals surface area contributed by atoms with E-state index in [1.165, 1.54) is 25.1 Å². The van der Waals surface area contributed by atoms with Crippen LogP contribution in [0.2, 0.25) is 0 Å². The van der Waals surface area contributed by atoms with Crippen LogP contribution in [0.4, 0.5) is 10.2 Å². The van der Waals surface area contributed by atoms with Gasteiger partial charge in [-0.15, -0.1) is 0 Å². The van der Waals surface area contributed by atoms with Crippen molar-refractivity contribution in [1.29, 1.82) is 0 Å². The Morgan fingerprint density at radius 1 is 1.35 bits per heavy atom. The van der Waals surface area contributed by atoms with Gasteiger partial charge in [-0.25, -0.2) is 9.37 Å². The topological polar surface area (TPSA) is 62.5 Å². The average Bonchev–Trinajstić information content (AvgIpc) is 3.11. The van der Waals surface area contributed by atoms with Crippen molar-refractivity contribution in [3.8, 4) is 0 Å². The number of likely N-dealkylation sites (tertiary alicyclic amines) is 2. The molecule has 2 aliphatic heterocycles. The van der Waals surface area contributed by atoms with E-state index in [0.717, 1.165) is 19.5 Å². The molecule has 3 heterocycles. The number of carbonyl (C=O) groups is 1. The van der Waals surface area contributed by atoms with Gasteiger partial charge < -0.3 is 10.6 Å². The lowest BCUT2D eigenvalue weighted by Gasteiger charge is -2.23. The lowest BCUT2D eigenvalue weighted by atomic mass is 10.2.